The molecule has 0 fully saturated rings. The maximum Gasteiger partial charge on any atom is 0.138 e. The molecule has 0 N–H and O–H groups in total. The Labute approximate surface area is 94.7 Å². The minimum atomic E-state index is 0.180. The highest BCUT2D eigenvalue weighted by Gasteiger charge is 1.84. The number of hydrogen-bond donors (Lipinski definition) is 0. The zero-order valence-corrected chi connectivity index (χ0v) is 9.72. The maximum absolute atomic E-state index is 5.35. The number of hydrogen-bond acceptors (Lipinski definition) is 3. The number of nitrogens with zero attached hydrogens (tertiary/aromatic N) is 1. The molecule has 0 saturated carbocycles. The summed E-state index contributed by atoms with van der Waals surface area (Å²) in [4.78, 5) is 4.80. The van der Waals surface area contributed by atoms with Gasteiger partial charge in [-0.3, -0.25) is 0 Å². The summed E-state index contributed by atoms with van der Waals surface area (Å²) >= 11 is 10.7. The molecule has 0 aromatic carbocycles. The standard InChI is InChI=1S/C9H15Cl2NO2/c1-2-3-6-13-8-5-12-14-7-4-9(10)11/h4-5H,2-3,6-8H2,1H3/b12-5+. The molecule has 82 valence electrons. The minimum absolute atomic E-state index is 0.180. The molecule has 3 nitrogen and oxygen atoms in total. The molecule has 0 radical (unpaired) electrons. The van der Waals surface area contributed by atoms with Crippen LogP contribution in [-0.4, -0.2) is 26.0 Å². The predicted octanol–water partition coefficient (Wildman–Crippen LogP) is 3.12. The average Bonchev–Trinajstić information content (AvgIpc) is 2.15. The van der Waals surface area contributed by atoms with Crippen LogP contribution in [0.1, 0.15) is 19.8 Å². The van der Waals surface area contributed by atoms with Crippen molar-refractivity contribution in [2.45, 2.75) is 19.8 Å². The number of rotatable bonds is 8. The summed E-state index contributed by atoms with van der Waals surface area (Å²) in [5.74, 6) is 0. The summed E-state index contributed by atoms with van der Waals surface area (Å²) in [7, 11) is 0. The van der Waals surface area contributed by atoms with Crippen molar-refractivity contribution < 1.29 is 9.57 Å². The lowest BCUT2D eigenvalue weighted by Gasteiger charge is -1.97. The van der Waals surface area contributed by atoms with Crippen LogP contribution in [0.2, 0.25) is 0 Å². The van der Waals surface area contributed by atoms with E-state index < -0.39 is 0 Å². The van der Waals surface area contributed by atoms with Crippen molar-refractivity contribution in [1.82, 2.24) is 0 Å². The normalized spacial score (nSPS) is 10.5. The first-order valence-electron chi connectivity index (χ1n) is 4.50. The Balaban J connectivity index is 3.16. The minimum Gasteiger partial charge on any atom is -0.392 e. The van der Waals surface area contributed by atoms with Crippen molar-refractivity contribution >= 4 is 29.4 Å². The van der Waals surface area contributed by atoms with Gasteiger partial charge in [0.05, 0.1) is 12.8 Å². The van der Waals surface area contributed by atoms with Gasteiger partial charge >= 0.3 is 0 Å². The van der Waals surface area contributed by atoms with Gasteiger partial charge in [0.2, 0.25) is 0 Å². The summed E-state index contributed by atoms with van der Waals surface area (Å²) < 4.78 is 5.38. The Morgan fingerprint density at radius 2 is 2.14 bits per heavy atom. The molecule has 0 aromatic heterocycles. The molecule has 0 amide bonds. The molecule has 0 aliphatic rings. The van der Waals surface area contributed by atoms with Gasteiger partial charge in [0.15, 0.2) is 0 Å². The average molecular weight is 240 g/mol. The van der Waals surface area contributed by atoms with E-state index >= 15 is 0 Å². The Hall–Kier alpha value is -0.250. The van der Waals surface area contributed by atoms with Gasteiger partial charge in [-0.15, -0.1) is 0 Å². The van der Waals surface area contributed by atoms with Gasteiger partial charge in [-0.25, -0.2) is 0 Å². The molecular formula is C9H15Cl2NO2. The van der Waals surface area contributed by atoms with Crippen molar-refractivity contribution in [2.75, 3.05) is 19.8 Å². The molecule has 0 aliphatic heterocycles. The second kappa shape index (κ2) is 10.8. The molecule has 0 saturated heterocycles. The van der Waals surface area contributed by atoms with Gasteiger partial charge < -0.3 is 9.57 Å². The smallest absolute Gasteiger partial charge is 0.138 e. The second-order valence-corrected chi connectivity index (χ2v) is 3.51. The van der Waals surface area contributed by atoms with Gasteiger partial charge in [0, 0.05) is 6.61 Å². The first-order valence-corrected chi connectivity index (χ1v) is 5.25. The summed E-state index contributed by atoms with van der Waals surface area (Å²) in [6.45, 7) is 3.62. The van der Waals surface area contributed by atoms with E-state index in [0.717, 1.165) is 19.4 Å². The lowest BCUT2D eigenvalue weighted by atomic mass is 10.4. The highest BCUT2D eigenvalue weighted by molar-refractivity contribution is 6.55. The van der Waals surface area contributed by atoms with Gasteiger partial charge in [-0.05, 0) is 12.5 Å². The molecule has 0 bridgehead atoms. The van der Waals surface area contributed by atoms with E-state index in [2.05, 4.69) is 12.1 Å². The van der Waals surface area contributed by atoms with E-state index in [-0.39, 0.29) is 11.1 Å². The monoisotopic (exact) mass is 239 g/mol. The van der Waals surface area contributed by atoms with Gasteiger partial charge in [0.1, 0.15) is 11.1 Å². The van der Waals surface area contributed by atoms with E-state index in [1.165, 1.54) is 6.08 Å². The zero-order valence-electron chi connectivity index (χ0n) is 8.21. The highest BCUT2D eigenvalue weighted by Crippen LogP contribution is 2.04. The number of unbranched alkanes of at least 4 members (excludes halogenated alkanes) is 1. The largest absolute Gasteiger partial charge is 0.392 e. The molecule has 0 aliphatic carbocycles. The topological polar surface area (TPSA) is 30.8 Å². The third-order valence-corrected chi connectivity index (χ3v) is 1.60. The second-order valence-electron chi connectivity index (χ2n) is 2.51. The van der Waals surface area contributed by atoms with Crippen molar-refractivity contribution in [2.24, 2.45) is 5.16 Å². The lowest BCUT2D eigenvalue weighted by molar-refractivity contribution is 0.154. The van der Waals surface area contributed by atoms with Crippen LogP contribution in [-0.2, 0) is 9.57 Å². The summed E-state index contributed by atoms with van der Waals surface area (Å²) in [5, 5.41) is 3.63. The summed E-state index contributed by atoms with van der Waals surface area (Å²) in [5.41, 5.74) is 0. The van der Waals surface area contributed by atoms with Crippen molar-refractivity contribution in [3.63, 3.8) is 0 Å². The van der Waals surface area contributed by atoms with Gasteiger partial charge in [-0.1, -0.05) is 41.7 Å². The van der Waals surface area contributed by atoms with E-state index in [1.807, 2.05) is 0 Å². The van der Waals surface area contributed by atoms with Crippen LogP contribution in [0.3, 0.4) is 0 Å². The molecule has 0 rings (SSSR count). The Morgan fingerprint density at radius 1 is 1.36 bits per heavy atom. The van der Waals surface area contributed by atoms with E-state index in [9.17, 15) is 0 Å². The third kappa shape index (κ3) is 11.8. The predicted molar refractivity (Wildman–Crippen MR) is 60.0 cm³/mol. The third-order valence-electron chi connectivity index (χ3n) is 1.30. The molecule has 0 spiro atoms. The number of halogens is 2. The Kier molecular flexibility index (Phi) is 10.6. The van der Waals surface area contributed by atoms with Crippen molar-refractivity contribution in [1.29, 1.82) is 0 Å². The fraction of sp³-hybridized carbons (Fsp3) is 0.667. The lowest BCUT2D eigenvalue weighted by Crippen LogP contribution is -1.97. The van der Waals surface area contributed by atoms with Crippen LogP contribution in [0.15, 0.2) is 15.7 Å². The molecule has 0 unspecified atom stereocenters. The van der Waals surface area contributed by atoms with Crippen LogP contribution in [0, 0.1) is 0 Å². The maximum atomic E-state index is 5.35. The van der Waals surface area contributed by atoms with Crippen LogP contribution in [0.4, 0.5) is 0 Å². The van der Waals surface area contributed by atoms with Crippen molar-refractivity contribution in [3.8, 4) is 0 Å². The number of oxime groups is 1. The van der Waals surface area contributed by atoms with E-state index in [0.29, 0.717) is 6.61 Å². The Morgan fingerprint density at radius 3 is 2.79 bits per heavy atom. The van der Waals surface area contributed by atoms with E-state index in [1.54, 1.807) is 6.21 Å². The van der Waals surface area contributed by atoms with Crippen LogP contribution in [0.5, 0.6) is 0 Å². The van der Waals surface area contributed by atoms with Gasteiger partial charge in [-0.2, -0.15) is 0 Å². The quantitative estimate of drug-likeness (QED) is 0.370. The molecule has 0 aromatic rings. The summed E-state index contributed by atoms with van der Waals surface area (Å²) in [6.07, 6.45) is 5.27. The highest BCUT2D eigenvalue weighted by atomic mass is 35.5. The fourth-order valence-corrected chi connectivity index (χ4v) is 0.735. The first-order chi connectivity index (χ1) is 6.77. The molecule has 0 heterocycles. The zero-order chi connectivity index (χ0) is 10.6. The van der Waals surface area contributed by atoms with Gasteiger partial charge in [0.25, 0.3) is 0 Å². The molecule has 5 heteroatoms. The number of ether oxygens (including phenoxy) is 1. The molecule has 0 atom stereocenters. The molecular weight excluding hydrogens is 225 g/mol. The molecule has 14 heavy (non-hydrogen) atoms. The fourth-order valence-electron chi connectivity index (χ4n) is 0.609. The van der Waals surface area contributed by atoms with Crippen LogP contribution >= 0.6 is 23.2 Å². The summed E-state index contributed by atoms with van der Waals surface area (Å²) in [6, 6.07) is 0. The first kappa shape index (κ1) is 13.8. The van der Waals surface area contributed by atoms with Crippen LogP contribution in [0.25, 0.3) is 0 Å². The van der Waals surface area contributed by atoms with E-state index in [4.69, 9.17) is 32.8 Å². The van der Waals surface area contributed by atoms with Crippen LogP contribution < -0.4 is 0 Å². The Bertz CT molecular complexity index is 180. The van der Waals surface area contributed by atoms with Crippen molar-refractivity contribution in [3.05, 3.63) is 10.6 Å². The SMILES string of the molecule is CCCCOC/C=N/OCC=C(Cl)Cl.